The number of benzene rings is 1. The molecular weight excluding hydrogens is 336 g/mol. The number of hydrogen-bond acceptors (Lipinski definition) is 6. The Morgan fingerprint density at radius 3 is 2.84 bits per heavy atom. The fourth-order valence-corrected chi connectivity index (χ4v) is 3.65. The summed E-state index contributed by atoms with van der Waals surface area (Å²) in [4.78, 5) is 14.5. The number of aryl methyl sites for hydroxylation is 1. The topological polar surface area (TPSA) is 67.3 Å². The maximum Gasteiger partial charge on any atom is 0.264 e. The number of likely N-dealkylation sites (tertiary alicyclic amines) is 1. The van der Waals surface area contributed by atoms with Crippen LogP contribution in [0.25, 0.3) is 0 Å². The van der Waals surface area contributed by atoms with Crippen molar-refractivity contribution in [3.63, 3.8) is 0 Å². The Morgan fingerprint density at radius 2 is 2.04 bits per heavy atom. The van der Waals surface area contributed by atoms with Gasteiger partial charge in [-0.15, -0.1) is 10.2 Å². The van der Waals surface area contributed by atoms with E-state index < -0.39 is 0 Å². The lowest BCUT2D eigenvalue weighted by Gasteiger charge is -2.24. The van der Waals surface area contributed by atoms with Crippen molar-refractivity contribution < 1.29 is 9.53 Å². The summed E-state index contributed by atoms with van der Waals surface area (Å²) >= 11 is 1.43. The van der Waals surface area contributed by atoms with Crippen LogP contribution >= 0.6 is 11.3 Å². The van der Waals surface area contributed by atoms with Gasteiger partial charge in [-0.05, 0) is 57.0 Å². The van der Waals surface area contributed by atoms with Crippen molar-refractivity contribution in [1.82, 2.24) is 15.1 Å². The highest BCUT2D eigenvalue weighted by atomic mass is 32.1. The molecule has 7 heteroatoms. The van der Waals surface area contributed by atoms with Crippen molar-refractivity contribution in [3.8, 4) is 5.75 Å². The predicted molar refractivity (Wildman–Crippen MR) is 99.1 cm³/mol. The molecule has 0 saturated carbocycles. The van der Waals surface area contributed by atoms with Crippen molar-refractivity contribution in [2.75, 3.05) is 25.0 Å². The maximum absolute atomic E-state index is 12.1. The molecule has 134 valence electrons. The molecule has 0 radical (unpaired) electrons. The molecule has 1 aromatic carbocycles. The average Bonchev–Trinajstić information content (AvgIpc) is 3.04. The lowest BCUT2D eigenvalue weighted by atomic mass is 10.1. The Balaban J connectivity index is 1.48. The summed E-state index contributed by atoms with van der Waals surface area (Å²) in [6.07, 6.45) is 3.81. The Bertz CT molecular complexity index is 726. The molecule has 1 N–H and O–H groups in total. The number of rotatable bonds is 6. The summed E-state index contributed by atoms with van der Waals surface area (Å²) in [5, 5.41) is 12.5. The van der Waals surface area contributed by atoms with Crippen LogP contribution in [0.2, 0.25) is 0 Å². The summed E-state index contributed by atoms with van der Waals surface area (Å²) in [6, 6.07) is 5.82. The van der Waals surface area contributed by atoms with Gasteiger partial charge in [-0.3, -0.25) is 15.0 Å². The molecule has 1 saturated heterocycles. The number of nitrogens with one attached hydrogen (secondary N) is 1. The Kier molecular flexibility index (Phi) is 5.99. The highest BCUT2D eigenvalue weighted by molar-refractivity contribution is 7.15. The van der Waals surface area contributed by atoms with Crippen LogP contribution in [0.15, 0.2) is 18.2 Å². The van der Waals surface area contributed by atoms with Crippen LogP contribution in [0.1, 0.15) is 35.4 Å². The zero-order chi connectivity index (χ0) is 17.6. The standard InChI is InChI=1S/C18H24N4O2S/c1-13-7-6-8-15(14(13)2)24-12-16(23)19-18-21-20-17(25-18)11-22-9-4-3-5-10-22/h6-8H,3-5,9-12H2,1-2H3,(H,19,21,23). The highest BCUT2D eigenvalue weighted by Crippen LogP contribution is 2.21. The SMILES string of the molecule is Cc1cccc(OCC(=O)Nc2nnc(CN3CCCCC3)s2)c1C. The van der Waals surface area contributed by atoms with Gasteiger partial charge in [0.15, 0.2) is 6.61 Å². The minimum absolute atomic E-state index is 0.0364. The van der Waals surface area contributed by atoms with E-state index in [-0.39, 0.29) is 12.5 Å². The van der Waals surface area contributed by atoms with Gasteiger partial charge in [0.2, 0.25) is 5.13 Å². The van der Waals surface area contributed by atoms with Gasteiger partial charge >= 0.3 is 0 Å². The zero-order valence-electron chi connectivity index (χ0n) is 14.7. The van der Waals surface area contributed by atoms with Crippen LogP contribution in [0, 0.1) is 13.8 Å². The quantitative estimate of drug-likeness (QED) is 0.857. The fraction of sp³-hybridized carbons (Fsp3) is 0.500. The smallest absolute Gasteiger partial charge is 0.264 e. The molecule has 0 spiro atoms. The number of amides is 1. The highest BCUT2D eigenvalue weighted by Gasteiger charge is 2.14. The Hall–Kier alpha value is -1.99. The van der Waals surface area contributed by atoms with E-state index in [0.29, 0.717) is 5.13 Å². The monoisotopic (exact) mass is 360 g/mol. The summed E-state index contributed by atoms with van der Waals surface area (Å²) in [6.45, 7) is 7.02. The molecule has 2 aromatic rings. The Labute approximate surface area is 152 Å². The first-order chi connectivity index (χ1) is 12.1. The molecule has 0 atom stereocenters. The molecule has 1 fully saturated rings. The van der Waals surface area contributed by atoms with Crippen molar-refractivity contribution in [2.24, 2.45) is 0 Å². The van der Waals surface area contributed by atoms with E-state index in [1.54, 1.807) is 0 Å². The molecule has 1 amide bonds. The van der Waals surface area contributed by atoms with Crippen LogP contribution in [-0.2, 0) is 11.3 Å². The zero-order valence-corrected chi connectivity index (χ0v) is 15.6. The predicted octanol–water partition coefficient (Wildman–Crippen LogP) is 3.16. The first-order valence-corrected chi connectivity index (χ1v) is 9.47. The van der Waals surface area contributed by atoms with Gasteiger partial charge < -0.3 is 4.74 Å². The van der Waals surface area contributed by atoms with E-state index in [4.69, 9.17) is 4.74 Å². The number of ether oxygens (including phenoxy) is 1. The number of carbonyl (C=O) groups is 1. The van der Waals surface area contributed by atoms with Gasteiger partial charge in [-0.1, -0.05) is 29.9 Å². The Morgan fingerprint density at radius 1 is 1.24 bits per heavy atom. The summed E-state index contributed by atoms with van der Waals surface area (Å²) < 4.78 is 5.62. The summed E-state index contributed by atoms with van der Waals surface area (Å²) in [7, 11) is 0. The van der Waals surface area contributed by atoms with Crippen LogP contribution in [0.3, 0.4) is 0 Å². The van der Waals surface area contributed by atoms with E-state index in [1.165, 1.54) is 30.6 Å². The molecule has 1 aliphatic rings. The minimum atomic E-state index is -0.221. The van der Waals surface area contributed by atoms with Gasteiger partial charge in [-0.2, -0.15) is 0 Å². The molecule has 1 aliphatic heterocycles. The number of piperidine rings is 1. The molecule has 25 heavy (non-hydrogen) atoms. The third-order valence-electron chi connectivity index (χ3n) is 4.43. The molecule has 6 nitrogen and oxygen atoms in total. The number of hydrogen-bond donors (Lipinski definition) is 1. The summed E-state index contributed by atoms with van der Waals surface area (Å²) in [5.41, 5.74) is 2.19. The molecule has 0 aliphatic carbocycles. The number of nitrogens with zero attached hydrogens (tertiary/aromatic N) is 3. The number of carbonyl (C=O) groups excluding carboxylic acids is 1. The molecule has 0 bridgehead atoms. The van der Waals surface area contributed by atoms with E-state index in [1.807, 2.05) is 32.0 Å². The van der Waals surface area contributed by atoms with E-state index in [2.05, 4.69) is 20.4 Å². The van der Waals surface area contributed by atoms with E-state index in [0.717, 1.165) is 41.5 Å². The molecule has 0 unspecified atom stereocenters. The van der Waals surface area contributed by atoms with E-state index in [9.17, 15) is 4.79 Å². The van der Waals surface area contributed by atoms with Gasteiger partial charge in [0, 0.05) is 0 Å². The average molecular weight is 360 g/mol. The van der Waals surface area contributed by atoms with Gasteiger partial charge in [0.1, 0.15) is 10.8 Å². The maximum atomic E-state index is 12.1. The second-order valence-electron chi connectivity index (χ2n) is 6.37. The second kappa shape index (κ2) is 8.40. The normalized spacial score (nSPS) is 15.1. The van der Waals surface area contributed by atoms with Gasteiger partial charge in [-0.25, -0.2) is 0 Å². The van der Waals surface area contributed by atoms with Crippen LogP contribution < -0.4 is 10.1 Å². The number of aromatic nitrogens is 2. The summed E-state index contributed by atoms with van der Waals surface area (Å²) in [5.74, 6) is 0.514. The second-order valence-corrected chi connectivity index (χ2v) is 7.43. The lowest BCUT2D eigenvalue weighted by Crippen LogP contribution is -2.28. The first kappa shape index (κ1) is 17.8. The van der Waals surface area contributed by atoms with Crippen LogP contribution in [0.4, 0.5) is 5.13 Å². The third kappa shape index (κ3) is 4.99. The molecule has 2 heterocycles. The van der Waals surface area contributed by atoms with Gasteiger partial charge in [0.25, 0.3) is 5.91 Å². The van der Waals surface area contributed by atoms with Crippen molar-refractivity contribution in [3.05, 3.63) is 34.3 Å². The van der Waals surface area contributed by atoms with Gasteiger partial charge in [0.05, 0.1) is 6.54 Å². The third-order valence-corrected chi connectivity index (χ3v) is 5.26. The van der Waals surface area contributed by atoms with Crippen LogP contribution in [-0.4, -0.2) is 40.7 Å². The van der Waals surface area contributed by atoms with Crippen molar-refractivity contribution in [1.29, 1.82) is 0 Å². The van der Waals surface area contributed by atoms with Crippen molar-refractivity contribution in [2.45, 2.75) is 39.7 Å². The lowest BCUT2D eigenvalue weighted by molar-refractivity contribution is -0.118. The largest absolute Gasteiger partial charge is 0.483 e. The first-order valence-electron chi connectivity index (χ1n) is 8.65. The van der Waals surface area contributed by atoms with Crippen molar-refractivity contribution >= 4 is 22.4 Å². The van der Waals surface area contributed by atoms with Crippen LogP contribution in [0.5, 0.6) is 5.75 Å². The van der Waals surface area contributed by atoms with E-state index >= 15 is 0 Å². The molecular formula is C18H24N4O2S. The number of anilines is 1. The minimum Gasteiger partial charge on any atom is -0.483 e. The fourth-order valence-electron chi connectivity index (χ4n) is 2.86. The molecule has 3 rings (SSSR count). The molecule has 1 aromatic heterocycles.